The lowest BCUT2D eigenvalue weighted by molar-refractivity contribution is -0.139. The minimum absolute atomic E-state index is 0.0745. The van der Waals surface area contributed by atoms with Gasteiger partial charge in [-0.3, -0.25) is 13.9 Å². The van der Waals surface area contributed by atoms with Gasteiger partial charge in [0.25, 0.3) is 10.0 Å². The van der Waals surface area contributed by atoms with E-state index in [2.05, 4.69) is 5.32 Å². The molecule has 9 heteroatoms. The van der Waals surface area contributed by atoms with E-state index in [0.29, 0.717) is 18.0 Å². The molecule has 0 heterocycles. The molecule has 39 heavy (non-hydrogen) atoms. The Morgan fingerprint density at radius 2 is 1.62 bits per heavy atom. The minimum Gasteiger partial charge on any atom is -0.497 e. The fraction of sp³-hybridized carbons (Fsp3) is 0.333. The summed E-state index contributed by atoms with van der Waals surface area (Å²) in [6, 6.07) is 21.5. The number of hydrogen-bond donors (Lipinski definition) is 1. The van der Waals surface area contributed by atoms with Gasteiger partial charge in [0.2, 0.25) is 11.8 Å². The van der Waals surface area contributed by atoms with Gasteiger partial charge in [0.1, 0.15) is 18.3 Å². The van der Waals surface area contributed by atoms with E-state index in [1.807, 2.05) is 32.0 Å². The molecule has 0 saturated carbocycles. The van der Waals surface area contributed by atoms with Gasteiger partial charge in [-0.1, -0.05) is 56.3 Å². The van der Waals surface area contributed by atoms with E-state index in [0.717, 1.165) is 28.3 Å². The molecule has 0 aliphatic rings. The summed E-state index contributed by atoms with van der Waals surface area (Å²) in [5.74, 6) is -0.193. The molecule has 1 atom stereocenters. The summed E-state index contributed by atoms with van der Waals surface area (Å²) in [5, 5.41) is 2.84. The first-order valence-corrected chi connectivity index (χ1v) is 14.5. The maximum Gasteiger partial charge on any atom is 0.264 e. The van der Waals surface area contributed by atoms with E-state index in [9.17, 15) is 18.0 Å². The Morgan fingerprint density at radius 1 is 0.923 bits per heavy atom. The highest BCUT2D eigenvalue weighted by atomic mass is 32.2. The van der Waals surface area contributed by atoms with Crippen LogP contribution in [0.25, 0.3) is 0 Å². The van der Waals surface area contributed by atoms with Crippen LogP contribution in [0.1, 0.15) is 38.3 Å². The number of methoxy groups -OCH3 is 1. The van der Waals surface area contributed by atoms with Crippen LogP contribution < -0.4 is 14.4 Å². The molecule has 0 spiro atoms. The number of carbonyl (C=O) groups excluding carboxylic acids is 2. The number of sulfonamides is 1. The van der Waals surface area contributed by atoms with Crippen LogP contribution in [0.15, 0.2) is 83.8 Å². The molecule has 0 aromatic heterocycles. The van der Waals surface area contributed by atoms with Crippen LogP contribution in [0, 0.1) is 0 Å². The summed E-state index contributed by atoms with van der Waals surface area (Å²) < 4.78 is 34.0. The predicted molar refractivity (Wildman–Crippen MR) is 153 cm³/mol. The number of aryl methyl sites for hydroxylation is 1. The number of nitrogens with zero attached hydrogens (tertiary/aromatic N) is 2. The van der Waals surface area contributed by atoms with Gasteiger partial charge >= 0.3 is 0 Å². The second kappa shape index (κ2) is 13.8. The second-order valence-electron chi connectivity index (χ2n) is 9.18. The summed E-state index contributed by atoms with van der Waals surface area (Å²) in [5.41, 5.74) is 2.17. The van der Waals surface area contributed by atoms with Crippen LogP contribution in [0.3, 0.4) is 0 Å². The third kappa shape index (κ3) is 7.60. The van der Waals surface area contributed by atoms with E-state index in [1.165, 1.54) is 17.0 Å². The fourth-order valence-corrected chi connectivity index (χ4v) is 5.53. The topological polar surface area (TPSA) is 96.0 Å². The Morgan fingerprint density at radius 3 is 2.23 bits per heavy atom. The lowest BCUT2D eigenvalue weighted by Gasteiger charge is -2.32. The standard InChI is InChI=1S/C30H37N3O5S/c1-5-19-31-30(35)23(3)32(21-25-11-10-12-27(20-25)38-4)29(34)22-33(26-17-15-24(6-2)16-18-26)39(36,37)28-13-8-7-9-14-28/h7-18,20,23H,5-6,19,21-22H2,1-4H3,(H,31,35)/t23-/m1/s1. The van der Waals surface area contributed by atoms with Gasteiger partial charge in [-0.05, 0) is 67.3 Å². The Bertz CT molecular complexity index is 1340. The monoisotopic (exact) mass is 551 g/mol. The third-order valence-corrected chi connectivity index (χ3v) is 8.23. The first-order valence-electron chi connectivity index (χ1n) is 13.1. The van der Waals surface area contributed by atoms with Crippen molar-refractivity contribution in [2.75, 3.05) is 24.5 Å². The van der Waals surface area contributed by atoms with Crippen LogP contribution in [-0.2, 0) is 32.6 Å². The third-order valence-electron chi connectivity index (χ3n) is 6.45. The van der Waals surface area contributed by atoms with Gasteiger partial charge in [0.15, 0.2) is 0 Å². The Hall–Kier alpha value is -3.85. The molecule has 0 bridgehead atoms. The molecule has 2 amide bonds. The van der Waals surface area contributed by atoms with Gasteiger partial charge in [-0.2, -0.15) is 0 Å². The summed E-state index contributed by atoms with van der Waals surface area (Å²) in [6.45, 7) is 5.71. The minimum atomic E-state index is -4.08. The van der Waals surface area contributed by atoms with Crippen LogP contribution in [-0.4, -0.2) is 51.4 Å². The highest BCUT2D eigenvalue weighted by Gasteiger charge is 2.32. The summed E-state index contributed by atoms with van der Waals surface area (Å²) in [7, 11) is -2.53. The molecule has 0 aliphatic carbocycles. The van der Waals surface area contributed by atoms with Gasteiger partial charge in [-0.15, -0.1) is 0 Å². The molecule has 208 valence electrons. The zero-order valence-corrected chi connectivity index (χ0v) is 23.8. The van der Waals surface area contributed by atoms with Crippen molar-refractivity contribution in [3.63, 3.8) is 0 Å². The molecule has 0 fully saturated rings. The number of nitrogens with one attached hydrogen (secondary N) is 1. The predicted octanol–water partition coefficient (Wildman–Crippen LogP) is 4.40. The molecule has 3 rings (SSSR count). The smallest absolute Gasteiger partial charge is 0.264 e. The first-order chi connectivity index (χ1) is 18.7. The van der Waals surface area contributed by atoms with E-state index in [4.69, 9.17) is 4.74 Å². The highest BCUT2D eigenvalue weighted by Crippen LogP contribution is 2.25. The molecule has 0 unspecified atom stereocenters. The van der Waals surface area contributed by atoms with Crippen molar-refractivity contribution in [2.45, 2.75) is 51.1 Å². The maximum absolute atomic E-state index is 13.9. The number of hydrogen-bond acceptors (Lipinski definition) is 5. The lowest BCUT2D eigenvalue weighted by Crippen LogP contribution is -2.51. The number of benzene rings is 3. The quantitative estimate of drug-likeness (QED) is 0.340. The number of carbonyl (C=O) groups is 2. The average Bonchev–Trinajstić information content (AvgIpc) is 2.97. The van der Waals surface area contributed by atoms with Gasteiger partial charge in [-0.25, -0.2) is 8.42 Å². The van der Waals surface area contributed by atoms with Crippen molar-refractivity contribution in [3.05, 3.63) is 90.0 Å². The van der Waals surface area contributed by atoms with Crippen molar-refractivity contribution in [3.8, 4) is 5.75 Å². The number of anilines is 1. The Labute approximate surface area is 231 Å². The van der Waals surface area contributed by atoms with E-state index in [1.54, 1.807) is 62.6 Å². The van der Waals surface area contributed by atoms with Crippen molar-refractivity contribution in [2.24, 2.45) is 0 Å². The molecule has 0 saturated heterocycles. The van der Waals surface area contributed by atoms with Crippen LogP contribution >= 0.6 is 0 Å². The van der Waals surface area contributed by atoms with E-state index >= 15 is 0 Å². The molecule has 3 aromatic rings. The normalized spacial score (nSPS) is 11.9. The van der Waals surface area contributed by atoms with Crippen LogP contribution in [0.4, 0.5) is 5.69 Å². The Balaban J connectivity index is 2.01. The highest BCUT2D eigenvalue weighted by molar-refractivity contribution is 7.92. The zero-order chi connectivity index (χ0) is 28.4. The maximum atomic E-state index is 13.9. The zero-order valence-electron chi connectivity index (χ0n) is 23.0. The van der Waals surface area contributed by atoms with E-state index in [-0.39, 0.29) is 17.3 Å². The van der Waals surface area contributed by atoms with Crippen molar-refractivity contribution in [1.29, 1.82) is 0 Å². The molecule has 0 radical (unpaired) electrons. The average molecular weight is 552 g/mol. The summed E-state index contributed by atoms with van der Waals surface area (Å²) >= 11 is 0. The van der Waals surface area contributed by atoms with Crippen molar-refractivity contribution in [1.82, 2.24) is 10.2 Å². The first kappa shape index (κ1) is 29.7. The number of ether oxygens (including phenoxy) is 1. The van der Waals surface area contributed by atoms with Crippen LogP contribution in [0.5, 0.6) is 5.75 Å². The molecule has 3 aromatic carbocycles. The molecule has 8 nitrogen and oxygen atoms in total. The van der Waals surface area contributed by atoms with Gasteiger partial charge in [0, 0.05) is 13.1 Å². The van der Waals surface area contributed by atoms with Crippen molar-refractivity contribution < 1.29 is 22.7 Å². The molecule has 1 N–H and O–H groups in total. The SMILES string of the molecule is CCCNC(=O)[C@@H](C)N(Cc1cccc(OC)c1)C(=O)CN(c1ccc(CC)cc1)S(=O)(=O)c1ccccc1. The van der Waals surface area contributed by atoms with Gasteiger partial charge in [0.05, 0.1) is 17.7 Å². The van der Waals surface area contributed by atoms with Crippen LogP contribution in [0.2, 0.25) is 0 Å². The summed E-state index contributed by atoms with van der Waals surface area (Å²) in [6.07, 6.45) is 1.54. The van der Waals surface area contributed by atoms with Crippen molar-refractivity contribution >= 4 is 27.5 Å². The van der Waals surface area contributed by atoms with E-state index < -0.39 is 28.5 Å². The number of rotatable bonds is 13. The summed E-state index contributed by atoms with van der Waals surface area (Å²) in [4.78, 5) is 28.3. The molecule has 0 aliphatic heterocycles. The number of amides is 2. The van der Waals surface area contributed by atoms with Gasteiger partial charge < -0.3 is 15.0 Å². The largest absolute Gasteiger partial charge is 0.497 e. The Kier molecular flexibility index (Phi) is 10.5. The molecular formula is C30H37N3O5S. The lowest BCUT2D eigenvalue weighted by atomic mass is 10.1. The second-order valence-corrected chi connectivity index (χ2v) is 11.0. The molecular weight excluding hydrogens is 514 g/mol. The fourth-order valence-electron chi connectivity index (χ4n) is 4.09.